The monoisotopic (exact) mass is 464 g/mol. The number of hydrogen-bond donors (Lipinski definition) is 1. The zero-order chi connectivity index (χ0) is 22.4. The van der Waals surface area contributed by atoms with Crippen molar-refractivity contribution in [1.29, 1.82) is 0 Å². The van der Waals surface area contributed by atoms with Crippen LogP contribution in [0.25, 0.3) is 0 Å². The second-order valence-electron chi connectivity index (χ2n) is 8.17. The molecule has 6 nitrogen and oxygen atoms in total. The Kier molecular flexibility index (Phi) is 9.60. The maximum Gasteiger partial charge on any atom is 0.255 e. The van der Waals surface area contributed by atoms with Crippen molar-refractivity contribution in [2.75, 3.05) is 70.7 Å². The molecule has 3 rings (SSSR count). The first-order valence-electron chi connectivity index (χ1n) is 10.8. The zero-order valence-corrected chi connectivity index (χ0v) is 20.2. The molecule has 1 aliphatic rings. The molecule has 0 radical (unpaired) electrons. The lowest BCUT2D eigenvalue weighted by Gasteiger charge is -2.36. The van der Waals surface area contributed by atoms with Crippen LogP contribution in [0.2, 0.25) is 0 Å². The molecule has 1 saturated heterocycles. The van der Waals surface area contributed by atoms with Crippen molar-refractivity contribution in [3.63, 3.8) is 0 Å². The summed E-state index contributed by atoms with van der Waals surface area (Å²) >= 11 is 0. The lowest BCUT2D eigenvalue weighted by Crippen LogP contribution is -2.47. The number of ether oxygens (including phenoxy) is 1. The average Bonchev–Trinajstić information content (AvgIpc) is 2.77. The summed E-state index contributed by atoms with van der Waals surface area (Å²) in [7, 11) is 5.12. The molecule has 1 aliphatic heterocycles. The number of carbonyl (C=O) groups excluding carboxylic acids is 1. The van der Waals surface area contributed by atoms with Gasteiger partial charge in [-0.1, -0.05) is 11.6 Å². The Bertz CT molecular complexity index is 902. The Labute approximate surface area is 196 Å². The van der Waals surface area contributed by atoms with E-state index in [1.54, 1.807) is 32.2 Å². The summed E-state index contributed by atoms with van der Waals surface area (Å²) in [5.74, 6) is 0.313. The number of aryl methyl sites for hydroxylation is 1. The highest BCUT2D eigenvalue weighted by Gasteiger charge is 2.20. The highest BCUT2D eigenvalue weighted by molar-refractivity contribution is 5.99. The molecular formula is C24H34ClFN4O2. The Morgan fingerprint density at radius 1 is 1.12 bits per heavy atom. The normalized spacial score (nSPS) is 14.0. The van der Waals surface area contributed by atoms with Gasteiger partial charge in [0.05, 0.1) is 18.4 Å². The average molecular weight is 465 g/mol. The number of halogens is 2. The fourth-order valence-corrected chi connectivity index (χ4v) is 3.88. The minimum Gasteiger partial charge on any atom is -0.494 e. The molecule has 1 fully saturated rings. The minimum atomic E-state index is -0.282. The Morgan fingerprint density at radius 3 is 2.50 bits per heavy atom. The van der Waals surface area contributed by atoms with Gasteiger partial charge in [0.25, 0.3) is 5.91 Å². The van der Waals surface area contributed by atoms with Crippen LogP contribution in [0.1, 0.15) is 22.3 Å². The van der Waals surface area contributed by atoms with Crippen LogP contribution in [-0.2, 0) is 0 Å². The molecule has 0 unspecified atom stereocenters. The molecule has 0 bridgehead atoms. The molecule has 1 amide bonds. The summed E-state index contributed by atoms with van der Waals surface area (Å²) in [6.07, 6.45) is 0.989. The highest BCUT2D eigenvalue weighted by Crippen LogP contribution is 2.29. The molecule has 0 spiro atoms. The van der Waals surface area contributed by atoms with Gasteiger partial charge in [0.1, 0.15) is 11.6 Å². The Morgan fingerprint density at radius 2 is 1.84 bits per heavy atom. The summed E-state index contributed by atoms with van der Waals surface area (Å²) in [5, 5.41) is 3.43. The van der Waals surface area contributed by atoms with Gasteiger partial charge in [0.15, 0.2) is 0 Å². The van der Waals surface area contributed by atoms with Gasteiger partial charge in [0, 0.05) is 58.6 Å². The van der Waals surface area contributed by atoms with Gasteiger partial charge in [-0.3, -0.25) is 9.69 Å². The van der Waals surface area contributed by atoms with Gasteiger partial charge < -0.3 is 19.9 Å². The van der Waals surface area contributed by atoms with Crippen LogP contribution in [0.15, 0.2) is 36.4 Å². The molecule has 0 aliphatic carbocycles. The zero-order valence-electron chi connectivity index (χ0n) is 19.4. The number of piperazine rings is 1. The van der Waals surface area contributed by atoms with Gasteiger partial charge in [0.2, 0.25) is 0 Å². The third kappa shape index (κ3) is 6.50. The van der Waals surface area contributed by atoms with E-state index < -0.39 is 0 Å². The number of rotatable bonds is 8. The molecule has 2 aromatic carbocycles. The van der Waals surface area contributed by atoms with Crippen molar-refractivity contribution in [2.45, 2.75) is 13.3 Å². The van der Waals surface area contributed by atoms with Crippen LogP contribution in [-0.4, -0.2) is 76.2 Å². The molecule has 0 atom stereocenters. The fraction of sp³-hybridized carbons (Fsp3) is 0.458. The molecule has 2 aromatic rings. The van der Waals surface area contributed by atoms with Gasteiger partial charge in [-0.05, 0) is 44.2 Å². The van der Waals surface area contributed by atoms with Crippen molar-refractivity contribution < 1.29 is 13.9 Å². The van der Waals surface area contributed by atoms with Crippen molar-refractivity contribution in [2.24, 2.45) is 0 Å². The molecule has 0 saturated carbocycles. The largest absolute Gasteiger partial charge is 0.494 e. The second kappa shape index (κ2) is 11.9. The van der Waals surface area contributed by atoms with Crippen LogP contribution in [0.5, 0.6) is 5.75 Å². The molecule has 1 heterocycles. The van der Waals surface area contributed by atoms with Crippen LogP contribution in [0.3, 0.4) is 0 Å². The van der Waals surface area contributed by atoms with E-state index in [0.29, 0.717) is 11.3 Å². The highest BCUT2D eigenvalue weighted by atomic mass is 35.5. The topological polar surface area (TPSA) is 48.1 Å². The molecule has 8 heteroatoms. The van der Waals surface area contributed by atoms with Crippen LogP contribution < -0.4 is 15.0 Å². The Balaban J connectivity index is 0.00000363. The Hall–Kier alpha value is -2.51. The summed E-state index contributed by atoms with van der Waals surface area (Å²) < 4.78 is 18.8. The minimum absolute atomic E-state index is 0. The van der Waals surface area contributed by atoms with E-state index in [-0.39, 0.29) is 24.1 Å². The number of nitrogens with zero attached hydrogens (tertiary/aromatic N) is 3. The first kappa shape index (κ1) is 25.7. The van der Waals surface area contributed by atoms with Crippen molar-refractivity contribution in [1.82, 2.24) is 9.80 Å². The lowest BCUT2D eigenvalue weighted by atomic mass is 10.1. The van der Waals surface area contributed by atoms with Crippen LogP contribution in [0.4, 0.5) is 15.8 Å². The molecule has 1 N–H and O–H groups in total. The van der Waals surface area contributed by atoms with E-state index in [1.807, 2.05) is 25.1 Å². The third-order valence-corrected chi connectivity index (χ3v) is 5.63. The summed E-state index contributed by atoms with van der Waals surface area (Å²) in [6, 6.07) is 10.7. The molecule has 176 valence electrons. The van der Waals surface area contributed by atoms with Crippen molar-refractivity contribution in [3.05, 3.63) is 53.3 Å². The van der Waals surface area contributed by atoms with E-state index >= 15 is 0 Å². The van der Waals surface area contributed by atoms with E-state index in [9.17, 15) is 9.18 Å². The molecule has 32 heavy (non-hydrogen) atoms. The van der Waals surface area contributed by atoms with E-state index in [1.165, 1.54) is 12.1 Å². The standard InChI is InChI=1S/C24H33FN4O2.ClH/c1-18-6-8-21(20(16-18)24(30)27(2)3)26-10-5-11-28-12-14-29(15-13-28)22-9-7-19(25)17-23(22)31-4;/h6-9,16-17,26H,5,10-15H2,1-4H3;1H. The van der Waals surface area contributed by atoms with Gasteiger partial charge in [-0.15, -0.1) is 12.4 Å². The number of hydrogen-bond acceptors (Lipinski definition) is 5. The van der Waals surface area contributed by atoms with Gasteiger partial charge in [-0.25, -0.2) is 4.39 Å². The fourth-order valence-electron chi connectivity index (χ4n) is 3.88. The van der Waals surface area contributed by atoms with Crippen molar-refractivity contribution in [3.8, 4) is 5.75 Å². The molecule has 0 aromatic heterocycles. The quantitative estimate of drug-likeness (QED) is 0.600. The SMILES string of the molecule is COc1cc(F)ccc1N1CCN(CCCNc2ccc(C)cc2C(=O)N(C)C)CC1.Cl. The first-order valence-corrected chi connectivity index (χ1v) is 10.8. The van der Waals surface area contributed by atoms with Crippen LogP contribution in [0, 0.1) is 12.7 Å². The summed E-state index contributed by atoms with van der Waals surface area (Å²) in [5.41, 5.74) is 3.62. The molecular weight excluding hydrogens is 431 g/mol. The first-order chi connectivity index (χ1) is 14.9. The smallest absolute Gasteiger partial charge is 0.255 e. The summed E-state index contributed by atoms with van der Waals surface area (Å²) in [4.78, 5) is 18.7. The van der Waals surface area contributed by atoms with E-state index in [4.69, 9.17) is 4.74 Å². The third-order valence-electron chi connectivity index (χ3n) is 5.63. The van der Waals surface area contributed by atoms with E-state index in [2.05, 4.69) is 15.1 Å². The van der Waals surface area contributed by atoms with Gasteiger partial charge in [-0.2, -0.15) is 0 Å². The number of anilines is 2. The summed E-state index contributed by atoms with van der Waals surface area (Å²) in [6.45, 7) is 7.47. The number of nitrogens with one attached hydrogen (secondary N) is 1. The lowest BCUT2D eigenvalue weighted by molar-refractivity contribution is 0.0828. The second-order valence-corrected chi connectivity index (χ2v) is 8.17. The predicted molar refractivity (Wildman–Crippen MR) is 131 cm³/mol. The van der Waals surface area contributed by atoms with Crippen molar-refractivity contribution >= 4 is 29.7 Å². The number of carbonyl (C=O) groups is 1. The van der Waals surface area contributed by atoms with E-state index in [0.717, 1.165) is 62.6 Å². The maximum absolute atomic E-state index is 13.5. The maximum atomic E-state index is 13.5. The number of methoxy groups -OCH3 is 1. The predicted octanol–water partition coefficient (Wildman–Crippen LogP) is 3.89. The van der Waals surface area contributed by atoms with Gasteiger partial charge >= 0.3 is 0 Å². The number of benzene rings is 2. The van der Waals surface area contributed by atoms with Crippen LogP contribution >= 0.6 is 12.4 Å². The number of amides is 1.